The second-order valence-corrected chi connectivity index (χ2v) is 4.49. The second kappa shape index (κ2) is 5.40. The van der Waals surface area contributed by atoms with Crippen molar-refractivity contribution < 1.29 is 4.74 Å². The molecule has 4 heteroatoms. The molecule has 4 nitrogen and oxygen atoms in total. The van der Waals surface area contributed by atoms with Crippen LogP contribution in [0.25, 0.3) is 11.0 Å². The fourth-order valence-electron chi connectivity index (χ4n) is 2.18. The molecule has 2 aromatic rings. The third kappa shape index (κ3) is 2.20. The summed E-state index contributed by atoms with van der Waals surface area (Å²) in [7, 11) is 1.67. The van der Waals surface area contributed by atoms with E-state index < -0.39 is 0 Å². The van der Waals surface area contributed by atoms with Crippen LogP contribution in [0.15, 0.2) is 18.2 Å². The number of imidazole rings is 1. The van der Waals surface area contributed by atoms with Crippen molar-refractivity contribution in [1.29, 1.82) is 0 Å². The number of aryl methyl sites for hydroxylation is 1. The van der Waals surface area contributed by atoms with Gasteiger partial charge in [0.25, 0.3) is 0 Å². The Hall–Kier alpha value is -1.55. The molecule has 1 aromatic heterocycles. The molecule has 0 aliphatic heterocycles. The van der Waals surface area contributed by atoms with Crippen LogP contribution >= 0.6 is 0 Å². The molecule has 0 fully saturated rings. The summed E-state index contributed by atoms with van der Waals surface area (Å²) < 4.78 is 7.46. The van der Waals surface area contributed by atoms with Gasteiger partial charge in [0.15, 0.2) is 0 Å². The largest absolute Gasteiger partial charge is 0.497 e. The molecular formula is C14H21N3O. The number of hydrogen-bond acceptors (Lipinski definition) is 3. The summed E-state index contributed by atoms with van der Waals surface area (Å²) in [5.41, 5.74) is 8.24. The fourth-order valence-corrected chi connectivity index (χ4v) is 2.18. The van der Waals surface area contributed by atoms with Crippen LogP contribution in [0.1, 0.15) is 38.6 Å². The van der Waals surface area contributed by atoms with E-state index in [0.717, 1.165) is 42.0 Å². The van der Waals surface area contributed by atoms with E-state index in [0.29, 0.717) is 0 Å². The van der Waals surface area contributed by atoms with Gasteiger partial charge in [-0.3, -0.25) is 0 Å². The zero-order valence-electron chi connectivity index (χ0n) is 11.3. The van der Waals surface area contributed by atoms with Crippen LogP contribution in [0, 0.1) is 0 Å². The normalized spacial score (nSPS) is 12.9. The lowest BCUT2D eigenvalue weighted by atomic mass is 10.2. The average molecular weight is 247 g/mol. The van der Waals surface area contributed by atoms with Gasteiger partial charge < -0.3 is 15.0 Å². The number of aromatic nitrogens is 2. The molecule has 2 N–H and O–H groups in total. The number of nitrogens with two attached hydrogens (primary N) is 1. The Balaban J connectivity index is 2.58. The maximum absolute atomic E-state index is 6.15. The zero-order valence-corrected chi connectivity index (χ0v) is 11.3. The average Bonchev–Trinajstić information content (AvgIpc) is 2.76. The molecule has 0 spiro atoms. The van der Waals surface area contributed by atoms with E-state index in [9.17, 15) is 0 Å². The Morgan fingerprint density at radius 3 is 2.78 bits per heavy atom. The molecular weight excluding hydrogens is 226 g/mol. The molecule has 0 aliphatic rings. The SMILES string of the molecule is CCCn1c(C(N)CC)nc2cc(OC)ccc21. The van der Waals surface area contributed by atoms with E-state index >= 15 is 0 Å². The first-order valence-electron chi connectivity index (χ1n) is 6.51. The van der Waals surface area contributed by atoms with Gasteiger partial charge in [-0.25, -0.2) is 4.98 Å². The molecule has 0 saturated carbocycles. The maximum atomic E-state index is 6.15. The van der Waals surface area contributed by atoms with Crippen LogP contribution < -0.4 is 10.5 Å². The van der Waals surface area contributed by atoms with Crippen molar-refractivity contribution in [2.75, 3.05) is 7.11 Å². The fraction of sp³-hybridized carbons (Fsp3) is 0.500. The van der Waals surface area contributed by atoms with Crippen molar-refractivity contribution in [3.05, 3.63) is 24.0 Å². The minimum Gasteiger partial charge on any atom is -0.497 e. The first-order chi connectivity index (χ1) is 8.71. The van der Waals surface area contributed by atoms with Gasteiger partial charge in [0.05, 0.1) is 24.2 Å². The maximum Gasteiger partial charge on any atom is 0.126 e. The van der Waals surface area contributed by atoms with Crippen LogP contribution in [-0.2, 0) is 6.54 Å². The van der Waals surface area contributed by atoms with Gasteiger partial charge in [-0.1, -0.05) is 13.8 Å². The van der Waals surface area contributed by atoms with E-state index in [4.69, 9.17) is 10.5 Å². The highest BCUT2D eigenvalue weighted by Crippen LogP contribution is 2.25. The van der Waals surface area contributed by atoms with E-state index in [2.05, 4.69) is 29.5 Å². The summed E-state index contributed by atoms with van der Waals surface area (Å²) >= 11 is 0. The third-order valence-corrected chi connectivity index (χ3v) is 3.20. The van der Waals surface area contributed by atoms with Crippen molar-refractivity contribution in [3.8, 4) is 5.75 Å². The minimum absolute atomic E-state index is 0.00468. The van der Waals surface area contributed by atoms with Gasteiger partial charge in [0, 0.05) is 12.6 Å². The topological polar surface area (TPSA) is 53.1 Å². The lowest BCUT2D eigenvalue weighted by Crippen LogP contribution is -2.15. The Morgan fingerprint density at radius 2 is 2.17 bits per heavy atom. The molecule has 1 atom stereocenters. The number of hydrogen-bond donors (Lipinski definition) is 1. The summed E-state index contributed by atoms with van der Waals surface area (Å²) in [5, 5.41) is 0. The predicted molar refractivity (Wildman–Crippen MR) is 73.8 cm³/mol. The highest BCUT2D eigenvalue weighted by Gasteiger charge is 2.15. The van der Waals surface area contributed by atoms with Gasteiger partial charge >= 0.3 is 0 Å². The van der Waals surface area contributed by atoms with E-state index in [1.54, 1.807) is 7.11 Å². The van der Waals surface area contributed by atoms with Crippen LogP contribution in [0.2, 0.25) is 0 Å². The zero-order chi connectivity index (χ0) is 13.1. The Labute approximate surface area is 108 Å². The lowest BCUT2D eigenvalue weighted by Gasteiger charge is -2.12. The number of methoxy groups -OCH3 is 1. The Morgan fingerprint density at radius 1 is 1.39 bits per heavy atom. The Kier molecular flexibility index (Phi) is 3.87. The van der Waals surface area contributed by atoms with Gasteiger partial charge in [0.2, 0.25) is 0 Å². The van der Waals surface area contributed by atoms with Crippen LogP contribution in [0.5, 0.6) is 5.75 Å². The van der Waals surface area contributed by atoms with Crippen molar-refractivity contribution in [1.82, 2.24) is 9.55 Å². The molecule has 2 rings (SSSR count). The minimum atomic E-state index is -0.00468. The molecule has 0 bridgehead atoms. The van der Waals surface area contributed by atoms with Gasteiger partial charge in [-0.2, -0.15) is 0 Å². The van der Waals surface area contributed by atoms with Gasteiger partial charge in [-0.05, 0) is 25.0 Å². The smallest absolute Gasteiger partial charge is 0.126 e. The molecule has 0 amide bonds. The molecule has 1 unspecified atom stereocenters. The van der Waals surface area contributed by atoms with Crippen molar-refractivity contribution in [3.63, 3.8) is 0 Å². The van der Waals surface area contributed by atoms with Crippen molar-refractivity contribution in [2.24, 2.45) is 5.73 Å². The molecule has 98 valence electrons. The van der Waals surface area contributed by atoms with E-state index in [-0.39, 0.29) is 6.04 Å². The first-order valence-corrected chi connectivity index (χ1v) is 6.51. The summed E-state index contributed by atoms with van der Waals surface area (Å²) in [4.78, 5) is 4.67. The summed E-state index contributed by atoms with van der Waals surface area (Å²) in [5.74, 6) is 1.81. The number of rotatable bonds is 5. The van der Waals surface area contributed by atoms with E-state index in [1.807, 2.05) is 12.1 Å². The molecule has 1 heterocycles. The van der Waals surface area contributed by atoms with Crippen LogP contribution in [-0.4, -0.2) is 16.7 Å². The monoisotopic (exact) mass is 247 g/mol. The molecule has 0 saturated heterocycles. The van der Waals surface area contributed by atoms with Crippen LogP contribution in [0.4, 0.5) is 0 Å². The second-order valence-electron chi connectivity index (χ2n) is 4.49. The first kappa shape index (κ1) is 12.9. The van der Waals surface area contributed by atoms with Crippen molar-refractivity contribution >= 4 is 11.0 Å². The summed E-state index contributed by atoms with van der Waals surface area (Å²) in [6, 6.07) is 5.99. The number of fused-ring (bicyclic) bond motifs is 1. The molecule has 1 aromatic carbocycles. The lowest BCUT2D eigenvalue weighted by molar-refractivity contribution is 0.415. The van der Waals surface area contributed by atoms with Crippen LogP contribution in [0.3, 0.4) is 0 Å². The molecule has 0 radical (unpaired) electrons. The van der Waals surface area contributed by atoms with Crippen molar-refractivity contribution in [2.45, 2.75) is 39.3 Å². The number of benzene rings is 1. The molecule has 0 aliphatic carbocycles. The Bertz CT molecular complexity index is 533. The third-order valence-electron chi connectivity index (χ3n) is 3.20. The highest BCUT2D eigenvalue weighted by molar-refractivity contribution is 5.78. The summed E-state index contributed by atoms with van der Waals surface area (Å²) in [6.07, 6.45) is 1.96. The highest BCUT2D eigenvalue weighted by atomic mass is 16.5. The van der Waals surface area contributed by atoms with Gasteiger partial charge in [0.1, 0.15) is 11.6 Å². The number of ether oxygens (including phenoxy) is 1. The standard InChI is InChI=1S/C14H21N3O/c1-4-8-17-13-7-6-10(18-3)9-12(13)16-14(17)11(15)5-2/h6-7,9,11H,4-5,8,15H2,1-3H3. The summed E-state index contributed by atoms with van der Waals surface area (Å²) in [6.45, 7) is 5.20. The predicted octanol–water partition coefficient (Wildman–Crippen LogP) is 2.86. The van der Waals surface area contributed by atoms with Gasteiger partial charge in [-0.15, -0.1) is 0 Å². The quantitative estimate of drug-likeness (QED) is 0.884. The number of nitrogens with zero attached hydrogens (tertiary/aromatic N) is 2. The van der Waals surface area contributed by atoms with E-state index in [1.165, 1.54) is 0 Å². The molecule has 18 heavy (non-hydrogen) atoms.